The minimum atomic E-state index is -1.22. The lowest BCUT2D eigenvalue weighted by Gasteiger charge is -2.14. The van der Waals surface area contributed by atoms with Gasteiger partial charge in [0.1, 0.15) is 6.04 Å². The zero-order valence-corrected chi connectivity index (χ0v) is 17.6. The van der Waals surface area contributed by atoms with Crippen LogP contribution in [0.15, 0.2) is 35.3 Å². The number of nitrogens with one attached hydrogen (secondary N) is 4. The molecule has 0 unspecified atom stereocenters. The van der Waals surface area contributed by atoms with Crippen molar-refractivity contribution in [1.29, 1.82) is 0 Å². The van der Waals surface area contributed by atoms with Crippen LogP contribution < -0.4 is 27.2 Å². The van der Waals surface area contributed by atoms with Crippen LogP contribution in [0.1, 0.15) is 28.9 Å². The number of carbonyl (C=O) groups is 3. The number of rotatable bonds is 9. The Morgan fingerprint density at radius 1 is 1.18 bits per heavy atom. The highest BCUT2D eigenvalue weighted by molar-refractivity contribution is 5.97. The van der Waals surface area contributed by atoms with Gasteiger partial charge in [-0.05, 0) is 30.7 Å². The summed E-state index contributed by atoms with van der Waals surface area (Å²) in [4.78, 5) is 61.6. The lowest BCUT2D eigenvalue weighted by atomic mass is 10.1. The molecule has 0 saturated carbocycles. The molecule has 2 aromatic heterocycles. The first-order valence-corrected chi connectivity index (χ1v) is 9.86. The van der Waals surface area contributed by atoms with Crippen LogP contribution in [0.3, 0.4) is 0 Å². The van der Waals surface area contributed by atoms with Gasteiger partial charge < -0.3 is 26.8 Å². The molecule has 3 rings (SSSR count). The largest absolute Gasteiger partial charge is 0.480 e. The van der Waals surface area contributed by atoms with Gasteiger partial charge in [0, 0.05) is 24.7 Å². The number of carboxylic acid groups (broad SMARTS) is 1. The fourth-order valence-corrected chi connectivity index (χ4v) is 2.89. The Kier molecular flexibility index (Phi) is 7.13. The third-order valence-electron chi connectivity index (χ3n) is 4.65. The molecular formula is C20H22N8O5. The summed E-state index contributed by atoms with van der Waals surface area (Å²) in [5.41, 5.74) is 6.61. The Hall–Kier alpha value is -4.55. The van der Waals surface area contributed by atoms with Gasteiger partial charge >= 0.3 is 5.97 Å². The molecule has 7 N–H and O–H groups in total. The molecule has 0 spiro atoms. The topological polar surface area (TPSA) is 205 Å². The fraction of sp³-hybridized carbons (Fsp3) is 0.250. The van der Waals surface area contributed by atoms with E-state index in [0.717, 1.165) is 0 Å². The first kappa shape index (κ1) is 23.1. The van der Waals surface area contributed by atoms with Gasteiger partial charge in [-0.15, -0.1) is 0 Å². The number of H-pyrrole nitrogens is 1. The Balaban J connectivity index is 1.61. The predicted octanol–water partition coefficient (Wildman–Crippen LogP) is -0.383. The van der Waals surface area contributed by atoms with Gasteiger partial charge in [0.15, 0.2) is 11.2 Å². The number of hydrogen-bond acceptors (Lipinski definition) is 9. The highest BCUT2D eigenvalue weighted by Crippen LogP contribution is 2.12. The van der Waals surface area contributed by atoms with Gasteiger partial charge in [-0.1, -0.05) is 0 Å². The van der Waals surface area contributed by atoms with Gasteiger partial charge in [0.2, 0.25) is 11.9 Å². The lowest BCUT2D eigenvalue weighted by molar-refractivity contribution is -0.139. The zero-order valence-electron chi connectivity index (χ0n) is 17.6. The van der Waals surface area contributed by atoms with Crippen LogP contribution in [0.5, 0.6) is 0 Å². The summed E-state index contributed by atoms with van der Waals surface area (Å²) in [6.45, 7) is 0.249. The molecule has 172 valence electrons. The Morgan fingerprint density at radius 2 is 1.91 bits per heavy atom. The quantitative estimate of drug-likeness (QED) is 0.247. The number of aliphatic carboxylic acids is 1. The number of nitrogens with two attached hydrogens (primary N) is 1. The lowest BCUT2D eigenvalue weighted by Crippen LogP contribution is -2.41. The molecule has 0 saturated heterocycles. The van der Waals surface area contributed by atoms with Crippen molar-refractivity contribution in [2.24, 2.45) is 0 Å². The van der Waals surface area contributed by atoms with Gasteiger partial charge in [0.25, 0.3) is 11.5 Å². The number of nitrogens with zero attached hydrogens (tertiary/aromatic N) is 3. The van der Waals surface area contributed by atoms with Gasteiger partial charge in [-0.2, -0.15) is 4.98 Å². The Bertz CT molecular complexity index is 1240. The number of aromatic amines is 1. The van der Waals surface area contributed by atoms with Crippen molar-refractivity contribution in [2.75, 3.05) is 18.1 Å². The molecule has 2 heterocycles. The maximum Gasteiger partial charge on any atom is 0.326 e. The van der Waals surface area contributed by atoms with Crippen molar-refractivity contribution in [1.82, 2.24) is 30.6 Å². The first-order chi connectivity index (χ1) is 15.8. The van der Waals surface area contributed by atoms with E-state index in [-0.39, 0.29) is 48.0 Å². The molecule has 1 aromatic carbocycles. The molecule has 0 fully saturated rings. The van der Waals surface area contributed by atoms with E-state index in [9.17, 15) is 24.3 Å². The molecule has 33 heavy (non-hydrogen) atoms. The van der Waals surface area contributed by atoms with Gasteiger partial charge in [-0.25, -0.2) is 14.8 Å². The van der Waals surface area contributed by atoms with E-state index in [0.29, 0.717) is 11.4 Å². The van der Waals surface area contributed by atoms with Crippen LogP contribution in [0.2, 0.25) is 0 Å². The normalized spacial score (nSPS) is 11.5. The van der Waals surface area contributed by atoms with Crippen molar-refractivity contribution in [3.63, 3.8) is 0 Å². The van der Waals surface area contributed by atoms with Crippen LogP contribution >= 0.6 is 0 Å². The van der Waals surface area contributed by atoms with E-state index >= 15 is 0 Å². The second-order valence-electron chi connectivity index (χ2n) is 6.99. The van der Waals surface area contributed by atoms with Crippen molar-refractivity contribution >= 4 is 40.6 Å². The van der Waals surface area contributed by atoms with Gasteiger partial charge in [-0.3, -0.25) is 19.4 Å². The Morgan fingerprint density at radius 3 is 2.58 bits per heavy atom. The minimum Gasteiger partial charge on any atom is -0.480 e. The number of anilines is 2. The molecule has 13 nitrogen and oxygen atoms in total. The number of aromatic nitrogens is 4. The van der Waals surface area contributed by atoms with Crippen LogP contribution in [0.25, 0.3) is 11.2 Å². The molecule has 13 heteroatoms. The summed E-state index contributed by atoms with van der Waals surface area (Å²) in [6, 6.07) is 5.14. The average Bonchev–Trinajstić information content (AvgIpc) is 2.80. The Labute approximate surface area is 186 Å². The highest BCUT2D eigenvalue weighted by atomic mass is 16.4. The molecule has 0 aliphatic rings. The van der Waals surface area contributed by atoms with E-state index < -0.39 is 23.5 Å². The van der Waals surface area contributed by atoms with Crippen molar-refractivity contribution in [2.45, 2.75) is 25.4 Å². The van der Waals surface area contributed by atoms with E-state index in [1.54, 1.807) is 12.1 Å². The standard InChI is InChI=1S/C20H22N8O5/c1-22-14(29)7-6-13(19(32)33)26-17(30)10-2-4-11(5-3-10)23-8-12-9-24-16-15(25-12)18(31)28-20(21)27-16/h2-5,9,13,23H,6-8H2,1H3,(H,22,29)(H,26,30)(H,32,33)(H3,21,24,27,28,31)/t13-/m0/s1. The monoisotopic (exact) mass is 454 g/mol. The van der Waals surface area contributed by atoms with Crippen LogP contribution in [0, 0.1) is 0 Å². The second-order valence-corrected chi connectivity index (χ2v) is 6.99. The maximum absolute atomic E-state index is 12.4. The number of fused-ring (bicyclic) bond motifs is 1. The number of nitrogen functional groups attached to an aromatic ring is 1. The van der Waals surface area contributed by atoms with Crippen LogP contribution in [0.4, 0.5) is 11.6 Å². The van der Waals surface area contributed by atoms with Crippen LogP contribution in [-0.4, -0.2) is 55.9 Å². The molecule has 1 atom stereocenters. The third-order valence-corrected chi connectivity index (χ3v) is 4.65. The van der Waals surface area contributed by atoms with Gasteiger partial charge in [0.05, 0.1) is 18.4 Å². The smallest absolute Gasteiger partial charge is 0.326 e. The number of hydrogen-bond donors (Lipinski definition) is 6. The molecule has 2 amide bonds. The van der Waals surface area contributed by atoms with E-state index in [1.807, 2.05) is 0 Å². The summed E-state index contributed by atoms with van der Waals surface area (Å²) >= 11 is 0. The molecule has 0 aliphatic heterocycles. The number of benzene rings is 1. The SMILES string of the molecule is CNC(=O)CC[C@H](NC(=O)c1ccc(NCc2cnc3nc(N)[nH]c(=O)c3n2)cc1)C(=O)O. The fourth-order valence-electron chi connectivity index (χ4n) is 2.89. The average molecular weight is 454 g/mol. The first-order valence-electron chi connectivity index (χ1n) is 9.86. The zero-order chi connectivity index (χ0) is 24.0. The summed E-state index contributed by atoms with van der Waals surface area (Å²) in [5, 5.41) is 17.2. The van der Waals surface area contributed by atoms with E-state index in [2.05, 4.69) is 35.9 Å². The summed E-state index contributed by atoms with van der Waals surface area (Å²) in [6.07, 6.45) is 1.41. The van der Waals surface area contributed by atoms with E-state index in [1.165, 1.54) is 25.4 Å². The molecule has 0 bridgehead atoms. The number of carboxylic acids is 1. The number of carbonyl (C=O) groups excluding carboxylic acids is 2. The van der Waals surface area contributed by atoms with Crippen LogP contribution in [-0.2, 0) is 16.1 Å². The summed E-state index contributed by atoms with van der Waals surface area (Å²) < 4.78 is 0. The van der Waals surface area contributed by atoms with Crippen molar-refractivity contribution in [3.8, 4) is 0 Å². The van der Waals surface area contributed by atoms with E-state index in [4.69, 9.17) is 5.73 Å². The maximum atomic E-state index is 12.4. The summed E-state index contributed by atoms with van der Waals surface area (Å²) in [7, 11) is 1.45. The van der Waals surface area contributed by atoms with Crippen molar-refractivity contribution < 1.29 is 19.5 Å². The second kappa shape index (κ2) is 10.2. The predicted molar refractivity (Wildman–Crippen MR) is 118 cm³/mol. The summed E-state index contributed by atoms with van der Waals surface area (Å²) in [5.74, 6) is -2.15. The molecule has 0 aliphatic carbocycles. The minimum absolute atomic E-state index is 0.0242. The highest BCUT2D eigenvalue weighted by Gasteiger charge is 2.21. The van der Waals surface area contributed by atoms with Crippen molar-refractivity contribution in [3.05, 3.63) is 52.1 Å². The molecule has 3 aromatic rings. The number of amides is 2. The molecule has 0 radical (unpaired) electrons. The molecular weight excluding hydrogens is 432 g/mol. The third kappa shape index (κ3) is 6.00.